The number of hydrogen-bond acceptors (Lipinski definition) is 9. The second kappa shape index (κ2) is 13.9. The molecule has 0 aliphatic carbocycles. The number of likely N-dealkylation sites (tertiary alicyclic amines) is 1. The van der Waals surface area contributed by atoms with Gasteiger partial charge in [-0.15, -0.1) is 0 Å². The van der Waals surface area contributed by atoms with Gasteiger partial charge in [0.2, 0.25) is 11.8 Å². The van der Waals surface area contributed by atoms with E-state index in [0.29, 0.717) is 66.9 Å². The Kier molecular flexibility index (Phi) is 9.10. The number of halogens is 1. The number of nitriles is 1. The van der Waals surface area contributed by atoms with Gasteiger partial charge in [0, 0.05) is 87.9 Å². The Hall–Kier alpha value is -4.96. The van der Waals surface area contributed by atoms with Crippen LogP contribution in [0.3, 0.4) is 0 Å². The van der Waals surface area contributed by atoms with Crippen molar-refractivity contribution >= 4 is 46.6 Å². The van der Waals surface area contributed by atoms with Crippen LogP contribution in [0, 0.1) is 16.7 Å². The van der Waals surface area contributed by atoms with E-state index in [1.807, 2.05) is 41.3 Å². The van der Waals surface area contributed by atoms with Gasteiger partial charge in [0.15, 0.2) is 0 Å². The lowest BCUT2D eigenvalue weighted by Crippen LogP contribution is -2.68. The van der Waals surface area contributed by atoms with Crippen LogP contribution in [0.4, 0.5) is 11.4 Å². The molecule has 2 atom stereocenters. The first kappa shape index (κ1) is 36.7. The summed E-state index contributed by atoms with van der Waals surface area (Å²) < 4.78 is 6.05. The number of rotatable bonds is 7. The molecule has 1 unspecified atom stereocenters. The first-order valence-electron chi connectivity index (χ1n) is 19.6. The third kappa shape index (κ3) is 6.39. The Morgan fingerprint density at radius 1 is 0.929 bits per heavy atom. The number of anilines is 2. The minimum atomic E-state index is -0.622. The molecule has 1 spiro atoms. The maximum absolute atomic E-state index is 13.6. The molecule has 3 aromatic carbocycles. The summed E-state index contributed by atoms with van der Waals surface area (Å²) >= 11 is 6.38. The number of amides is 4. The van der Waals surface area contributed by atoms with Gasteiger partial charge in [0.1, 0.15) is 17.7 Å². The van der Waals surface area contributed by atoms with E-state index < -0.39 is 17.6 Å². The van der Waals surface area contributed by atoms with Crippen molar-refractivity contribution in [3.8, 4) is 6.07 Å². The summed E-state index contributed by atoms with van der Waals surface area (Å²) in [5, 5.41) is 12.2. The molecule has 56 heavy (non-hydrogen) atoms. The number of hydrogen-bond donors (Lipinski definition) is 1. The fourth-order valence-corrected chi connectivity index (χ4v) is 10.4. The van der Waals surface area contributed by atoms with E-state index in [9.17, 15) is 24.4 Å². The number of benzene rings is 3. The van der Waals surface area contributed by atoms with E-state index in [4.69, 9.17) is 16.3 Å². The summed E-state index contributed by atoms with van der Waals surface area (Å²) in [7, 11) is 1.71. The largest absolute Gasteiger partial charge is 0.373 e. The molecule has 290 valence electrons. The highest BCUT2D eigenvalue weighted by molar-refractivity contribution is 6.32. The van der Waals surface area contributed by atoms with Gasteiger partial charge in [-0.2, -0.15) is 5.26 Å². The second-order valence-electron chi connectivity index (χ2n) is 16.9. The molecule has 4 fully saturated rings. The lowest BCUT2D eigenvalue weighted by atomic mass is 9.76. The van der Waals surface area contributed by atoms with Gasteiger partial charge in [-0.1, -0.05) is 17.7 Å². The minimum Gasteiger partial charge on any atom is -0.373 e. The monoisotopic (exact) mass is 775 g/mol. The minimum absolute atomic E-state index is 0.00461. The van der Waals surface area contributed by atoms with Gasteiger partial charge in [0.05, 0.1) is 23.7 Å². The quantitative estimate of drug-likeness (QED) is 0.340. The van der Waals surface area contributed by atoms with Crippen molar-refractivity contribution in [2.24, 2.45) is 5.41 Å². The summed E-state index contributed by atoms with van der Waals surface area (Å²) in [6.07, 6.45) is 3.90. The van der Waals surface area contributed by atoms with Crippen molar-refractivity contribution in [3.05, 3.63) is 93.0 Å². The van der Waals surface area contributed by atoms with Crippen LogP contribution in [0.15, 0.2) is 54.6 Å². The van der Waals surface area contributed by atoms with Crippen LogP contribution in [0.2, 0.25) is 5.02 Å². The Morgan fingerprint density at radius 2 is 1.64 bits per heavy atom. The number of carbonyl (C=O) groups is 4. The Morgan fingerprint density at radius 3 is 2.32 bits per heavy atom. The summed E-state index contributed by atoms with van der Waals surface area (Å²) in [6.45, 7) is 8.62. The van der Waals surface area contributed by atoms with Gasteiger partial charge in [-0.3, -0.25) is 29.4 Å². The molecule has 12 nitrogen and oxygen atoms in total. The number of fused-ring (bicyclic) bond motifs is 2. The predicted molar refractivity (Wildman–Crippen MR) is 210 cm³/mol. The standard InChI is InChI=1S/C43H46ClN7O5/c1-27-18-42(23-51(27)34-8-5-29(19-45)36(44)17-34)11-13-48(14-12-42)33-6-3-28(4-7-33)40(54)49-25-43(26-49,56-2)24-47-20-30-15-32-22-50(37-9-10-38(52)46-39(37)53)41(55)35(32)16-31(30)21-47/h3-8,15-17,27,37H,9-14,18,20-26H2,1-2H3,(H,46,52,53)/t27-,37?/m0/s1. The molecule has 6 aliphatic heterocycles. The van der Waals surface area contributed by atoms with Crippen molar-refractivity contribution in [3.63, 3.8) is 0 Å². The van der Waals surface area contributed by atoms with Gasteiger partial charge in [-0.25, -0.2) is 0 Å². The number of nitrogens with zero attached hydrogens (tertiary/aromatic N) is 6. The van der Waals surface area contributed by atoms with Crippen LogP contribution in [0.25, 0.3) is 0 Å². The van der Waals surface area contributed by atoms with E-state index in [0.717, 1.165) is 73.5 Å². The van der Waals surface area contributed by atoms with Crippen LogP contribution >= 0.6 is 11.6 Å². The van der Waals surface area contributed by atoms with Crippen molar-refractivity contribution in [1.29, 1.82) is 5.26 Å². The summed E-state index contributed by atoms with van der Waals surface area (Å²) in [6, 6.07) is 19.8. The van der Waals surface area contributed by atoms with Crippen LogP contribution in [-0.4, -0.2) is 102 Å². The van der Waals surface area contributed by atoms with Crippen LogP contribution < -0.4 is 15.1 Å². The molecule has 9 rings (SSSR count). The Bertz CT molecular complexity index is 2170. The molecule has 4 saturated heterocycles. The summed E-state index contributed by atoms with van der Waals surface area (Å²) in [5.74, 6) is -0.846. The SMILES string of the molecule is COC1(CN2Cc3cc4c(cc3C2)C(=O)N(C2CCC(=O)NC2=O)C4)CN(C(=O)c2ccc(N3CCC4(CC3)C[C@H](C)N(c3ccc(C#N)c(Cl)c3)C4)cc2)C1. The van der Waals surface area contributed by atoms with E-state index in [-0.39, 0.29) is 29.6 Å². The Balaban J connectivity index is 0.768. The van der Waals surface area contributed by atoms with Crippen molar-refractivity contribution in [2.75, 3.05) is 56.2 Å². The number of ether oxygens (including phenoxy) is 1. The molecule has 4 amide bonds. The third-order valence-electron chi connectivity index (χ3n) is 13.3. The first-order valence-corrected chi connectivity index (χ1v) is 20.0. The molecule has 0 aromatic heterocycles. The molecule has 0 radical (unpaired) electrons. The van der Waals surface area contributed by atoms with Crippen molar-refractivity contribution < 1.29 is 23.9 Å². The lowest BCUT2D eigenvalue weighted by Gasteiger charge is -2.50. The highest BCUT2D eigenvalue weighted by Gasteiger charge is 2.48. The highest BCUT2D eigenvalue weighted by atomic mass is 35.5. The molecule has 6 aliphatic rings. The Labute approximate surface area is 331 Å². The number of methoxy groups -OCH3 is 1. The van der Waals surface area contributed by atoms with Gasteiger partial charge in [0.25, 0.3) is 11.8 Å². The second-order valence-corrected chi connectivity index (χ2v) is 17.3. The van der Waals surface area contributed by atoms with Gasteiger partial charge < -0.3 is 24.3 Å². The molecule has 0 bridgehead atoms. The number of piperidine rings is 2. The average molecular weight is 776 g/mol. The zero-order valence-electron chi connectivity index (χ0n) is 31.9. The molecular formula is C43H46ClN7O5. The topological polar surface area (TPSA) is 130 Å². The highest BCUT2D eigenvalue weighted by Crippen LogP contribution is 2.46. The molecule has 6 heterocycles. The van der Waals surface area contributed by atoms with Gasteiger partial charge in [-0.05, 0) is 103 Å². The fourth-order valence-electron chi connectivity index (χ4n) is 10.2. The molecular weight excluding hydrogens is 730 g/mol. The van der Waals surface area contributed by atoms with E-state index in [2.05, 4.69) is 51.2 Å². The lowest BCUT2D eigenvalue weighted by molar-refractivity contribution is -0.136. The molecule has 0 saturated carbocycles. The predicted octanol–water partition coefficient (Wildman–Crippen LogP) is 4.71. The van der Waals surface area contributed by atoms with Gasteiger partial charge >= 0.3 is 0 Å². The maximum atomic E-state index is 13.6. The molecule has 1 N–H and O–H groups in total. The number of nitrogens with one attached hydrogen (secondary N) is 1. The molecule has 3 aromatic rings. The normalized spacial score (nSPS) is 23.9. The van der Waals surface area contributed by atoms with Crippen LogP contribution in [0.5, 0.6) is 0 Å². The van der Waals surface area contributed by atoms with Crippen molar-refractivity contribution in [2.45, 2.75) is 76.3 Å². The number of imide groups is 1. The zero-order valence-corrected chi connectivity index (χ0v) is 32.6. The van der Waals surface area contributed by atoms with E-state index >= 15 is 0 Å². The average Bonchev–Trinajstić information content (AvgIpc) is 3.83. The third-order valence-corrected chi connectivity index (χ3v) is 13.6. The summed E-state index contributed by atoms with van der Waals surface area (Å²) in [4.78, 5) is 61.7. The van der Waals surface area contributed by atoms with Crippen LogP contribution in [0.1, 0.15) is 82.0 Å². The van der Waals surface area contributed by atoms with E-state index in [1.165, 1.54) is 0 Å². The summed E-state index contributed by atoms with van der Waals surface area (Å²) in [5.41, 5.74) is 6.98. The van der Waals surface area contributed by atoms with Crippen molar-refractivity contribution in [1.82, 2.24) is 20.0 Å². The van der Waals surface area contributed by atoms with E-state index in [1.54, 1.807) is 12.0 Å². The fraction of sp³-hybridized carbons (Fsp3) is 0.465. The maximum Gasteiger partial charge on any atom is 0.255 e. The number of carbonyl (C=O) groups excluding carboxylic acids is 4. The molecule has 13 heteroatoms. The zero-order chi connectivity index (χ0) is 38.9. The smallest absolute Gasteiger partial charge is 0.255 e. The van der Waals surface area contributed by atoms with Crippen LogP contribution in [-0.2, 0) is 34.0 Å². The first-order chi connectivity index (χ1) is 27.0.